The van der Waals surface area contributed by atoms with Crippen molar-refractivity contribution < 1.29 is 19.1 Å². The number of rotatable bonds is 6. The van der Waals surface area contributed by atoms with Crippen molar-refractivity contribution in [2.24, 2.45) is 5.92 Å². The number of carbonyl (C=O) groups excluding carboxylic acids is 3. The van der Waals surface area contributed by atoms with Crippen LogP contribution in [0.4, 0.5) is 5.69 Å². The van der Waals surface area contributed by atoms with Crippen LogP contribution in [0.25, 0.3) is 33.7 Å². The third-order valence-electron chi connectivity index (χ3n) is 9.75. The predicted octanol–water partition coefficient (Wildman–Crippen LogP) is 5.95. The maximum atomic E-state index is 13.7. The summed E-state index contributed by atoms with van der Waals surface area (Å²) in [7, 11) is 1.40. The molecule has 4 aliphatic rings. The first-order valence-electron chi connectivity index (χ1n) is 15.1. The highest BCUT2D eigenvalue weighted by Crippen LogP contribution is 2.46. The number of fused-ring (bicyclic) bond motifs is 2. The molecular weight excluding hydrogens is 512 g/mol. The molecule has 210 valence electrons. The molecule has 0 saturated heterocycles. The predicted molar refractivity (Wildman–Crippen MR) is 163 cm³/mol. The lowest BCUT2D eigenvalue weighted by molar-refractivity contribution is -0.144. The maximum absolute atomic E-state index is 13.7. The standard InChI is InChI=1S/C35H36N2O4/c1-19(38)22-11-12-25-23-13-15-27(34(39)37-21-9-5-6-10-21)32-28(35(40)41-2)16-14-24(30(23)32)26-17-18-29(33(22)31(25)26)36-20-7-3-4-8-20/h11-18,20-21,28,32,36H,3-10H2,1-2H3,(H,37,39). The Balaban J connectivity index is 1.48. The molecule has 2 atom stereocenters. The number of ether oxygens (including phenoxy) is 1. The van der Waals surface area contributed by atoms with Crippen LogP contribution in [0.1, 0.15) is 85.7 Å². The van der Waals surface area contributed by atoms with Crippen molar-refractivity contribution in [1.82, 2.24) is 5.32 Å². The molecule has 4 aliphatic carbocycles. The number of amides is 1. The number of Topliss-reactive ketones (excluding diaryl/α,β-unsaturated/α-hetero) is 1. The molecule has 1 amide bonds. The fraction of sp³-hybridized carbons (Fsp3) is 0.400. The first-order chi connectivity index (χ1) is 20.0. The third-order valence-corrected chi connectivity index (χ3v) is 9.75. The summed E-state index contributed by atoms with van der Waals surface area (Å²) < 4.78 is 5.23. The van der Waals surface area contributed by atoms with E-state index in [0.717, 1.165) is 82.1 Å². The SMILES string of the molecule is COC(=O)C1C=Cc2c3c(c4ccc(C(C)=O)c5c(NC6CCCC6)ccc2c54)=CC=C(C(=O)NC2CCCC2)C31. The second-order valence-electron chi connectivity index (χ2n) is 12.1. The molecule has 2 saturated carbocycles. The Hall–Kier alpha value is -3.93. The molecular formula is C35H36N2O4. The van der Waals surface area contributed by atoms with Crippen LogP contribution in [0.2, 0.25) is 0 Å². The van der Waals surface area contributed by atoms with Crippen molar-refractivity contribution >= 4 is 57.0 Å². The lowest BCUT2D eigenvalue weighted by Crippen LogP contribution is -2.40. The molecule has 2 N–H and O–H groups in total. The highest BCUT2D eigenvalue weighted by molar-refractivity contribution is 6.24. The van der Waals surface area contributed by atoms with Crippen LogP contribution in [-0.4, -0.2) is 36.9 Å². The van der Waals surface area contributed by atoms with Gasteiger partial charge in [0.2, 0.25) is 5.91 Å². The summed E-state index contributed by atoms with van der Waals surface area (Å²) in [5, 5.41) is 12.1. The Labute approximate surface area is 239 Å². The van der Waals surface area contributed by atoms with E-state index in [0.29, 0.717) is 17.2 Å². The van der Waals surface area contributed by atoms with E-state index in [1.807, 2.05) is 36.4 Å². The molecule has 0 bridgehead atoms. The molecule has 3 aromatic rings. The first kappa shape index (κ1) is 26.0. The number of allylic oxidation sites excluding steroid dienone is 1. The Kier molecular flexibility index (Phi) is 6.44. The summed E-state index contributed by atoms with van der Waals surface area (Å²) in [5.41, 5.74) is 4.31. The largest absolute Gasteiger partial charge is 0.469 e. The lowest BCUT2D eigenvalue weighted by Gasteiger charge is -2.34. The zero-order valence-corrected chi connectivity index (χ0v) is 23.7. The summed E-state index contributed by atoms with van der Waals surface area (Å²) in [6.45, 7) is 1.63. The van der Waals surface area contributed by atoms with Crippen LogP contribution in [0.3, 0.4) is 0 Å². The van der Waals surface area contributed by atoms with Gasteiger partial charge in [-0.15, -0.1) is 0 Å². The van der Waals surface area contributed by atoms with Crippen LogP contribution in [0, 0.1) is 5.92 Å². The zero-order valence-electron chi connectivity index (χ0n) is 23.7. The smallest absolute Gasteiger partial charge is 0.313 e. The Morgan fingerprint density at radius 3 is 2.27 bits per heavy atom. The van der Waals surface area contributed by atoms with Gasteiger partial charge in [-0.05, 0) is 65.8 Å². The summed E-state index contributed by atoms with van der Waals surface area (Å²) in [6, 6.07) is 8.81. The van der Waals surface area contributed by atoms with E-state index in [9.17, 15) is 14.4 Å². The topological polar surface area (TPSA) is 84.5 Å². The molecule has 0 heterocycles. The van der Waals surface area contributed by atoms with Crippen LogP contribution >= 0.6 is 0 Å². The normalized spacial score (nSPS) is 22.0. The van der Waals surface area contributed by atoms with E-state index >= 15 is 0 Å². The molecule has 7 rings (SSSR count). The number of methoxy groups -OCH3 is 1. The minimum atomic E-state index is -0.597. The molecule has 3 aromatic carbocycles. The molecule has 41 heavy (non-hydrogen) atoms. The summed E-state index contributed by atoms with van der Waals surface area (Å²) in [5.74, 6) is -1.46. The van der Waals surface area contributed by atoms with Crippen LogP contribution in [0.5, 0.6) is 0 Å². The quantitative estimate of drug-likeness (QED) is 0.294. The minimum absolute atomic E-state index is 0.0363. The number of esters is 1. The number of benzene rings is 3. The van der Waals surface area contributed by atoms with Gasteiger partial charge in [-0.25, -0.2) is 0 Å². The Bertz CT molecular complexity index is 1720. The van der Waals surface area contributed by atoms with Crippen molar-refractivity contribution in [2.45, 2.75) is 76.3 Å². The number of nitrogens with one attached hydrogen (secondary N) is 2. The van der Waals surface area contributed by atoms with Crippen LogP contribution in [-0.2, 0) is 14.3 Å². The number of hydrogen-bond donors (Lipinski definition) is 2. The number of carbonyl (C=O) groups is 3. The van der Waals surface area contributed by atoms with Crippen molar-refractivity contribution in [2.75, 3.05) is 12.4 Å². The van der Waals surface area contributed by atoms with Crippen molar-refractivity contribution in [3.63, 3.8) is 0 Å². The molecule has 0 aliphatic heterocycles. The Morgan fingerprint density at radius 2 is 1.56 bits per heavy atom. The van der Waals surface area contributed by atoms with E-state index in [1.54, 1.807) is 6.92 Å². The van der Waals surface area contributed by atoms with Crippen molar-refractivity contribution in [3.8, 4) is 0 Å². The van der Waals surface area contributed by atoms with Gasteiger partial charge in [0.1, 0.15) is 0 Å². The first-order valence-corrected chi connectivity index (χ1v) is 15.1. The monoisotopic (exact) mass is 548 g/mol. The lowest BCUT2D eigenvalue weighted by atomic mass is 9.70. The fourth-order valence-electron chi connectivity index (χ4n) is 7.80. The van der Waals surface area contributed by atoms with E-state index in [4.69, 9.17) is 4.74 Å². The third kappa shape index (κ3) is 4.18. The second kappa shape index (κ2) is 10.2. The molecule has 0 radical (unpaired) electrons. The highest BCUT2D eigenvalue weighted by atomic mass is 16.5. The summed E-state index contributed by atoms with van der Waals surface area (Å²) >= 11 is 0. The van der Waals surface area contributed by atoms with E-state index in [1.165, 1.54) is 20.0 Å². The number of anilines is 1. The fourth-order valence-corrected chi connectivity index (χ4v) is 7.80. The van der Waals surface area contributed by atoms with Crippen molar-refractivity contribution in [1.29, 1.82) is 0 Å². The molecule has 2 fully saturated rings. The highest BCUT2D eigenvalue weighted by Gasteiger charge is 2.40. The van der Waals surface area contributed by atoms with Gasteiger partial charge in [-0.2, -0.15) is 0 Å². The molecule has 6 nitrogen and oxygen atoms in total. The van der Waals surface area contributed by atoms with Gasteiger partial charge < -0.3 is 15.4 Å². The average molecular weight is 549 g/mol. The minimum Gasteiger partial charge on any atom is -0.469 e. The average Bonchev–Trinajstić information content (AvgIpc) is 3.70. The van der Waals surface area contributed by atoms with Crippen LogP contribution < -0.4 is 15.9 Å². The van der Waals surface area contributed by atoms with E-state index in [2.05, 4.69) is 22.8 Å². The van der Waals surface area contributed by atoms with Gasteiger partial charge in [0.05, 0.1) is 13.0 Å². The number of hydrogen-bond acceptors (Lipinski definition) is 5. The van der Waals surface area contributed by atoms with Gasteiger partial charge in [-0.3, -0.25) is 14.4 Å². The second-order valence-corrected chi connectivity index (χ2v) is 12.1. The van der Waals surface area contributed by atoms with Gasteiger partial charge in [0.25, 0.3) is 0 Å². The molecule has 0 spiro atoms. The molecule has 0 aromatic heterocycles. The van der Waals surface area contributed by atoms with Crippen molar-refractivity contribution in [3.05, 3.63) is 63.9 Å². The van der Waals surface area contributed by atoms with Gasteiger partial charge >= 0.3 is 5.97 Å². The van der Waals surface area contributed by atoms with E-state index < -0.39 is 11.8 Å². The van der Waals surface area contributed by atoms with Gasteiger partial charge in [0, 0.05) is 45.6 Å². The van der Waals surface area contributed by atoms with Crippen LogP contribution in [0.15, 0.2) is 42.0 Å². The number of ketones is 1. The van der Waals surface area contributed by atoms with E-state index in [-0.39, 0.29) is 23.7 Å². The summed E-state index contributed by atoms with van der Waals surface area (Å²) in [4.78, 5) is 39.7. The van der Waals surface area contributed by atoms with Gasteiger partial charge in [-0.1, -0.05) is 68.2 Å². The zero-order chi connectivity index (χ0) is 28.2. The maximum Gasteiger partial charge on any atom is 0.313 e. The molecule has 2 unspecified atom stereocenters. The van der Waals surface area contributed by atoms with Gasteiger partial charge in [0.15, 0.2) is 5.78 Å². The Morgan fingerprint density at radius 1 is 0.854 bits per heavy atom. The summed E-state index contributed by atoms with van der Waals surface area (Å²) in [6.07, 6.45) is 16.8. The molecule has 6 heteroatoms.